The molecule has 0 bridgehead atoms. The smallest absolute Gasteiger partial charge is 0.162 e. The van der Waals surface area contributed by atoms with Gasteiger partial charge in [0.2, 0.25) is 0 Å². The molecule has 1 aliphatic rings. The number of allylic oxidation sites excluding steroid dienone is 2. The zero-order valence-corrected chi connectivity index (χ0v) is 31.0. The number of aryl methyl sites for hydroxylation is 2. The minimum Gasteiger partial charge on any atom is -0.512 e. The number of aliphatic hydroxyl groups is 1. The van der Waals surface area contributed by atoms with Crippen molar-refractivity contribution >= 4 is 27.7 Å². The minimum absolute atomic E-state index is 0. The normalized spacial score (nSPS) is 12.3. The van der Waals surface area contributed by atoms with Crippen LogP contribution in [0.1, 0.15) is 64.7 Å². The topological polar surface area (TPSA) is 76.2 Å². The molecule has 253 valence electrons. The summed E-state index contributed by atoms with van der Waals surface area (Å²) in [5.74, 6) is 1.54. The van der Waals surface area contributed by atoms with E-state index in [1.807, 2.05) is 33.8 Å². The molecule has 1 radical (unpaired) electrons. The number of furan rings is 1. The maximum Gasteiger partial charge on any atom is 0.162 e. The summed E-state index contributed by atoms with van der Waals surface area (Å²) in [6, 6.07) is 33.2. The van der Waals surface area contributed by atoms with Gasteiger partial charge in [-0.25, -0.2) is 4.98 Å². The first-order valence-corrected chi connectivity index (χ1v) is 17.3. The summed E-state index contributed by atoms with van der Waals surface area (Å²) >= 11 is 0. The van der Waals surface area contributed by atoms with Gasteiger partial charge in [-0.2, -0.15) is 0 Å². The van der Waals surface area contributed by atoms with E-state index in [-0.39, 0.29) is 43.5 Å². The molecule has 6 aromatic rings. The van der Waals surface area contributed by atoms with E-state index < -0.39 is 0 Å². The van der Waals surface area contributed by atoms with E-state index in [1.54, 1.807) is 6.33 Å². The van der Waals surface area contributed by atoms with Gasteiger partial charge in [0.15, 0.2) is 5.78 Å². The molecule has 2 heterocycles. The largest absolute Gasteiger partial charge is 0.512 e. The van der Waals surface area contributed by atoms with E-state index in [0.717, 1.165) is 83.2 Å². The second kappa shape index (κ2) is 16.3. The van der Waals surface area contributed by atoms with Gasteiger partial charge in [-0.15, -0.1) is 23.6 Å². The summed E-state index contributed by atoms with van der Waals surface area (Å²) in [5, 5.41) is 12.0. The fourth-order valence-electron chi connectivity index (χ4n) is 6.82. The van der Waals surface area contributed by atoms with Crippen molar-refractivity contribution in [3.8, 4) is 33.5 Å². The summed E-state index contributed by atoms with van der Waals surface area (Å²) in [7, 11) is 0. The molecule has 2 aromatic heterocycles. The maximum absolute atomic E-state index is 11.7. The van der Waals surface area contributed by atoms with Crippen LogP contribution in [-0.2, 0) is 37.7 Å². The third-order valence-corrected chi connectivity index (χ3v) is 9.65. The predicted molar refractivity (Wildman–Crippen MR) is 196 cm³/mol. The molecule has 7 rings (SSSR count). The number of hydrogen-bond acceptors (Lipinski definition) is 5. The molecular weight excluding hydrogens is 785 g/mol. The Labute approximate surface area is 302 Å². The Morgan fingerprint density at radius 1 is 0.837 bits per heavy atom. The summed E-state index contributed by atoms with van der Waals surface area (Å²) in [4.78, 5) is 21.1. The Morgan fingerprint density at radius 3 is 2.24 bits per heavy atom. The first-order valence-electron chi connectivity index (χ1n) is 17.3. The number of fused-ring (bicyclic) bond motifs is 6. The van der Waals surface area contributed by atoms with Gasteiger partial charge >= 0.3 is 0 Å². The number of aliphatic hydroxyl groups excluding tert-OH is 1. The first-order chi connectivity index (χ1) is 23.5. The molecule has 4 aromatic carbocycles. The number of hydrogen-bond donors (Lipinski definition) is 1. The van der Waals surface area contributed by atoms with Crippen LogP contribution in [0.4, 0.5) is 0 Å². The van der Waals surface area contributed by atoms with Gasteiger partial charge in [-0.1, -0.05) is 117 Å². The Kier molecular flexibility index (Phi) is 12.0. The Balaban J connectivity index is 0.000000252. The van der Waals surface area contributed by atoms with Crippen LogP contribution in [0, 0.1) is 17.9 Å². The number of nitrogens with zero attached hydrogens (tertiary/aromatic N) is 2. The number of rotatable bonds is 9. The summed E-state index contributed by atoms with van der Waals surface area (Å²) < 4.78 is 6.45. The molecular formula is C43H43IrN2O3-. The van der Waals surface area contributed by atoms with Crippen molar-refractivity contribution in [1.29, 1.82) is 0 Å². The van der Waals surface area contributed by atoms with Crippen molar-refractivity contribution in [3.63, 3.8) is 0 Å². The molecule has 5 nitrogen and oxygen atoms in total. The van der Waals surface area contributed by atoms with Crippen LogP contribution in [0.2, 0.25) is 0 Å². The summed E-state index contributed by atoms with van der Waals surface area (Å²) in [5.41, 5.74) is 9.32. The van der Waals surface area contributed by atoms with Gasteiger partial charge in [0, 0.05) is 50.0 Å². The van der Waals surface area contributed by atoms with Crippen LogP contribution in [0.5, 0.6) is 0 Å². The molecule has 0 atom stereocenters. The molecule has 0 saturated heterocycles. The zero-order chi connectivity index (χ0) is 33.6. The monoisotopic (exact) mass is 828 g/mol. The number of carbonyl (C=O) groups excluding carboxylic acids is 1. The number of carbonyl (C=O) groups is 1. The van der Waals surface area contributed by atoms with Gasteiger partial charge in [0.1, 0.15) is 23.2 Å². The third kappa shape index (κ3) is 7.46. The van der Waals surface area contributed by atoms with Gasteiger partial charge in [-0.05, 0) is 48.8 Å². The number of benzene rings is 4. The standard InChI is InChI=1S/C30H19N2O.C13H24O2.Ir/c1-2-8-19(9-3-1)25-17-22(16-21-11-5-6-12-23(21)25)28-30-29(32-18-31-28)27-24-13-7-4-10-20(24)14-15-26(27)33-30;1-5-10(6-2)12(14)9-13(15)11(7-3)8-4;/h1-13,17-18H,14-15H2;9-11,14H,5-8H2,1-4H3;/q-1;;/b;12-9-;. The predicted octanol–water partition coefficient (Wildman–Crippen LogP) is 11.1. The van der Waals surface area contributed by atoms with Crippen LogP contribution < -0.4 is 0 Å². The molecule has 0 amide bonds. The molecule has 49 heavy (non-hydrogen) atoms. The van der Waals surface area contributed by atoms with E-state index in [4.69, 9.17) is 4.42 Å². The van der Waals surface area contributed by atoms with E-state index in [1.165, 1.54) is 28.2 Å². The van der Waals surface area contributed by atoms with Crippen molar-refractivity contribution in [2.45, 2.75) is 66.2 Å². The first kappa shape index (κ1) is 35.9. The van der Waals surface area contributed by atoms with Crippen molar-refractivity contribution in [3.05, 3.63) is 120 Å². The molecule has 0 fully saturated rings. The van der Waals surface area contributed by atoms with E-state index >= 15 is 0 Å². The van der Waals surface area contributed by atoms with Crippen LogP contribution in [0.15, 0.2) is 108 Å². The van der Waals surface area contributed by atoms with Crippen LogP contribution in [0.3, 0.4) is 0 Å². The molecule has 6 heteroatoms. The second-order valence-electron chi connectivity index (χ2n) is 12.5. The fraction of sp³-hybridized carbons (Fsp3) is 0.279. The molecule has 1 aliphatic carbocycles. The van der Waals surface area contributed by atoms with E-state index in [9.17, 15) is 9.90 Å². The van der Waals surface area contributed by atoms with E-state index in [2.05, 4.69) is 94.9 Å². The van der Waals surface area contributed by atoms with Gasteiger partial charge in [-0.3, -0.25) is 9.78 Å². The quantitative estimate of drug-likeness (QED) is 0.0892. The van der Waals surface area contributed by atoms with Crippen molar-refractivity contribution in [2.24, 2.45) is 11.8 Å². The van der Waals surface area contributed by atoms with Crippen molar-refractivity contribution < 1.29 is 34.4 Å². The Morgan fingerprint density at radius 2 is 1.51 bits per heavy atom. The molecule has 0 unspecified atom stereocenters. The average molecular weight is 828 g/mol. The maximum atomic E-state index is 11.7. The van der Waals surface area contributed by atoms with Crippen molar-refractivity contribution in [2.75, 3.05) is 0 Å². The SMILES string of the molecule is CCC(CC)C(=O)/C=C(\O)C(CC)CC.[Ir].[c-]1c(-c2ncnc3c4c(oc23)CCc2ccccc2-4)cc(-c2ccccc2)c2ccccc12. The Hall–Kier alpha value is -4.38. The fourth-order valence-corrected chi connectivity index (χ4v) is 6.82. The average Bonchev–Trinajstić information content (AvgIpc) is 3.52. The third-order valence-electron chi connectivity index (χ3n) is 9.65. The van der Waals surface area contributed by atoms with E-state index in [0.29, 0.717) is 0 Å². The van der Waals surface area contributed by atoms with Gasteiger partial charge in [0.25, 0.3) is 0 Å². The second-order valence-corrected chi connectivity index (χ2v) is 12.5. The number of aromatic nitrogens is 2. The van der Waals surface area contributed by atoms with Crippen LogP contribution in [-0.4, -0.2) is 20.9 Å². The molecule has 0 spiro atoms. The van der Waals surface area contributed by atoms with Crippen molar-refractivity contribution in [1.82, 2.24) is 9.97 Å². The molecule has 0 aliphatic heterocycles. The van der Waals surface area contributed by atoms with Crippen LogP contribution >= 0.6 is 0 Å². The summed E-state index contributed by atoms with van der Waals surface area (Å²) in [6.07, 6.45) is 8.41. The van der Waals surface area contributed by atoms with Gasteiger partial charge in [0.05, 0.1) is 11.5 Å². The zero-order valence-electron chi connectivity index (χ0n) is 28.6. The van der Waals surface area contributed by atoms with Gasteiger partial charge < -0.3 is 9.52 Å². The minimum atomic E-state index is 0. The summed E-state index contributed by atoms with van der Waals surface area (Å²) in [6.45, 7) is 8.07. The molecule has 0 saturated carbocycles. The number of ketones is 1. The molecule has 1 N–H and O–H groups in total. The van der Waals surface area contributed by atoms with Crippen LogP contribution in [0.25, 0.3) is 55.4 Å². The Bertz CT molecular complexity index is 2070.